The average Bonchev–Trinajstić information content (AvgIpc) is 3.63. The first-order valence-electron chi connectivity index (χ1n) is 15.5. The topological polar surface area (TPSA) is 79.5 Å². The van der Waals surface area contributed by atoms with Crippen LogP contribution in [0.1, 0.15) is 77.9 Å². The van der Waals surface area contributed by atoms with Gasteiger partial charge in [0.1, 0.15) is 22.6 Å². The molecule has 0 atom stereocenters. The standard InChI is InChI=1S/C36H37BN6O/c1-13-14(2)20(8)26-25(19(13)7)31-38-32(26)40-34-28-22(10)16(4)18(6)24(12)30(28)36-41-35-29-23(11)17(5)15(3)21(9)27(29)33(39-31)42(35)37(44)43(34)36/h44H,1-12H3/b39-31-,39-33?,40-32?,40-34-. The molecule has 7 nitrogen and oxygen atoms in total. The van der Waals surface area contributed by atoms with Crippen LogP contribution in [0.25, 0.3) is 21.5 Å². The van der Waals surface area contributed by atoms with Crippen LogP contribution in [0.5, 0.6) is 0 Å². The van der Waals surface area contributed by atoms with Gasteiger partial charge in [0.15, 0.2) is 11.7 Å². The van der Waals surface area contributed by atoms with Gasteiger partial charge in [-0.3, -0.25) is 0 Å². The Hall–Kier alpha value is -4.30. The molecule has 0 saturated heterocycles. The van der Waals surface area contributed by atoms with Crippen molar-refractivity contribution in [3.8, 4) is 0 Å². The fourth-order valence-electron chi connectivity index (χ4n) is 7.96. The van der Waals surface area contributed by atoms with Gasteiger partial charge in [-0.2, -0.15) is 0 Å². The molecular formula is C36H37BN6O. The molecular weight excluding hydrogens is 543 g/mol. The first-order valence-corrected chi connectivity index (χ1v) is 15.5. The van der Waals surface area contributed by atoms with Crippen molar-refractivity contribution in [1.82, 2.24) is 8.96 Å². The highest BCUT2D eigenvalue weighted by Gasteiger charge is 2.39. The number of fused-ring (bicyclic) bond motifs is 10. The molecule has 0 saturated carbocycles. The van der Waals surface area contributed by atoms with Gasteiger partial charge < -0.3 is 14.0 Å². The molecule has 8 rings (SSSR count). The summed E-state index contributed by atoms with van der Waals surface area (Å²) in [6.45, 7) is 26.0. The van der Waals surface area contributed by atoms with E-state index in [1.807, 2.05) is 8.96 Å². The first-order chi connectivity index (χ1) is 20.8. The van der Waals surface area contributed by atoms with E-state index in [1.54, 1.807) is 0 Å². The van der Waals surface area contributed by atoms with Gasteiger partial charge in [0.2, 0.25) is 0 Å². The second-order valence-corrected chi connectivity index (χ2v) is 13.2. The summed E-state index contributed by atoms with van der Waals surface area (Å²) < 4.78 is 3.82. The number of rotatable bonds is 0. The van der Waals surface area contributed by atoms with Gasteiger partial charge in [-0.15, -0.1) is 0 Å². The minimum absolute atomic E-state index is 0.641. The van der Waals surface area contributed by atoms with Gasteiger partial charge in [-0.1, -0.05) is 0 Å². The van der Waals surface area contributed by atoms with Crippen molar-refractivity contribution in [2.75, 3.05) is 0 Å². The summed E-state index contributed by atoms with van der Waals surface area (Å²) in [5.74, 6) is 2.71. The zero-order valence-electron chi connectivity index (χ0n) is 27.7. The highest BCUT2D eigenvalue weighted by atomic mass is 16.2. The molecule has 0 radical (unpaired) electrons. The lowest BCUT2D eigenvalue weighted by atomic mass is 9.89. The SMILES string of the molecule is Cc1c(C)c(C)c2c(c1C)C1=NC/2=N\c2c3c(C)c(C)c(C)c(C)c3c3n2B(O)n2c(c4c(C)c(C)c(C)c(C)c4/c2=N/1)=N3. The van der Waals surface area contributed by atoms with E-state index in [0.29, 0.717) is 23.0 Å². The second-order valence-electron chi connectivity index (χ2n) is 13.2. The van der Waals surface area contributed by atoms with E-state index in [1.165, 1.54) is 33.4 Å². The number of hydrogen-bond donors (Lipinski definition) is 1. The molecule has 8 heteroatoms. The summed E-state index contributed by atoms with van der Waals surface area (Å²) in [6, 6.07) is 0. The second kappa shape index (κ2) is 8.45. The van der Waals surface area contributed by atoms with Gasteiger partial charge in [-0.25, -0.2) is 20.0 Å². The summed E-state index contributed by atoms with van der Waals surface area (Å²) in [5.41, 5.74) is 17.8. The summed E-state index contributed by atoms with van der Waals surface area (Å²) >= 11 is 0. The van der Waals surface area contributed by atoms with E-state index in [4.69, 9.17) is 20.0 Å². The number of aromatic nitrogens is 2. The molecule has 3 aromatic carbocycles. The molecule has 3 aliphatic rings. The molecule has 0 fully saturated rings. The average molecular weight is 581 g/mol. The van der Waals surface area contributed by atoms with Gasteiger partial charge in [0.25, 0.3) is 0 Å². The molecule has 44 heavy (non-hydrogen) atoms. The molecule has 5 heterocycles. The lowest BCUT2D eigenvalue weighted by molar-refractivity contribution is 0.528. The van der Waals surface area contributed by atoms with Crippen molar-refractivity contribution in [2.24, 2.45) is 20.0 Å². The number of aliphatic imine (C=N–C) groups is 2. The highest BCUT2D eigenvalue weighted by Crippen LogP contribution is 2.46. The molecule has 2 aromatic heterocycles. The molecule has 5 aromatic rings. The van der Waals surface area contributed by atoms with Crippen LogP contribution in [0.15, 0.2) is 20.0 Å². The minimum Gasteiger partial charge on any atom is -0.413 e. The van der Waals surface area contributed by atoms with E-state index < -0.39 is 7.19 Å². The monoisotopic (exact) mass is 580 g/mol. The largest absolute Gasteiger partial charge is 0.560 e. The number of amidine groups is 2. The van der Waals surface area contributed by atoms with Crippen molar-refractivity contribution in [2.45, 2.75) is 83.1 Å². The first kappa shape index (κ1) is 27.3. The third-order valence-corrected chi connectivity index (χ3v) is 11.6. The van der Waals surface area contributed by atoms with Crippen LogP contribution >= 0.6 is 0 Å². The molecule has 4 bridgehead atoms. The number of aryl methyl sites for hydroxylation is 4. The summed E-state index contributed by atoms with van der Waals surface area (Å²) in [6.07, 6.45) is 0. The van der Waals surface area contributed by atoms with Crippen molar-refractivity contribution in [1.29, 1.82) is 0 Å². The summed E-state index contributed by atoms with van der Waals surface area (Å²) in [4.78, 5) is 21.4. The predicted octanol–water partition coefficient (Wildman–Crippen LogP) is 6.41. The Kier molecular flexibility index (Phi) is 5.24. The van der Waals surface area contributed by atoms with Crippen LogP contribution in [0.3, 0.4) is 0 Å². The molecule has 0 amide bonds. The van der Waals surface area contributed by atoms with Crippen molar-refractivity contribution < 1.29 is 5.02 Å². The molecule has 3 aliphatic heterocycles. The Bertz CT molecular complexity index is 2470. The van der Waals surface area contributed by atoms with Gasteiger partial charge in [0.05, 0.1) is 0 Å². The Balaban J connectivity index is 1.74. The summed E-state index contributed by atoms with van der Waals surface area (Å²) in [5, 5.41) is 16.6. The quantitative estimate of drug-likeness (QED) is 0.211. The van der Waals surface area contributed by atoms with Gasteiger partial charge in [0, 0.05) is 32.7 Å². The Labute approximate surface area is 257 Å². The number of hydrogen-bond acceptors (Lipinski definition) is 5. The maximum absolute atomic E-state index is 12.5. The minimum atomic E-state index is -1.08. The maximum atomic E-state index is 12.5. The van der Waals surface area contributed by atoms with Crippen molar-refractivity contribution >= 4 is 52.0 Å². The predicted molar refractivity (Wildman–Crippen MR) is 181 cm³/mol. The van der Waals surface area contributed by atoms with Crippen LogP contribution in [-0.4, -0.2) is 32.8 Å². The van der Waals surface area contributed by atoms with Crippen LogP contribution in [0.4, 0.5) is 11.6 Å². The zero-order chi connectivity index (χ0) is 31.4. The number of nitrogens with zero attached hydrogens (tertiary/aromatic N) is 6. The Morgan fingerprint density at radius 3 is 1.23 bits per heavy atom. The van der Waals surface area contributed by atoms with E-state index in [-0.39, 0.29) is 0 Å². The lowest BCUT2D eigenvalue weighted by Crippen LogP contribution is -2.48. The van der Waals surface area contributed by atoms with Crippen LogP contribution in [0.2, 0.25) is 0 Å². The van der Waals surface area contributed by atoms with Crippen molar-refractivity contribution in [3.63, 3.8) is 0 Å². The van der Waals surface area contributed by atoms with E-state index in [2.05, 4.69) is 83.1 Å². The molecule has 220 valence electrons. The molecule has 0 spiro atoms. The van der Waals surface area contributed by atoms with Crippen LogP contribution < -0.4 is 11.0 Å². The third kappa shape index (κ3) is 2.93. The smallest absolute Gasteiger partial charge is 0.413 e. The lowest BCUT2D eigenvalue weighted by Gasteiger charge is -2.18. The maximum Gasteiger partial charge on any atom is 0.560 e. The Morgan fingerprint density at radius 2 is 0.750 bits per heavy atom. The normalized spacial score (nSPS) is 16.6. The van der Waals surface area contributed by atoms with Crippen LogP contribution in [0, 0.1) is 83.1 Å². The zero-order valence-corrected chi connectivity index (χ0v) is 27.7. The molecule has 0 unspecified atom stereocenters. The van der Waals surface area contributed by atoms with E-state index in [0.717, 1.165) is 77.4 Å². The third-order valence-electron chi connectivity index (χ3n) is 11.6. The van der Waals surface area contributed by atoms with Gasteiger partial charge in [-0.05, 0) is 150 Å². The van der Waals surface area contributed by atoms with Gasteiger partial charge >= 0.3 is 7.19 Å². The number of benzene rings is 3. The highest BCUT2D eigenvalue weighted by molar-refractivity contribution is 6.50. The van der Waals surface area contributed by atoms with Crippen LogP contribution in [-0.2, 0) is 0 Å². The molecule has 0 aliphatic carbocycles. The summed E-state index contributed by atoms with van der Waals surface area (Å²) in [7, 11) is -1.08. The van der Waals surface area contributed by atoms with E-state index in [9.17, 15) is 5.02 Å². The fraction of sp³-hybridized carbons (Fsp3) is 0.333. The Morgan fingerprint density at radius 1 is 0.386 bits per heavy atom. The fourth-order valence-corrected chi connectivity index (χ4v) is 7.96. The van der Waals surface area contributed by atoms with E-state index >= 15 is 0 Å². The molecule has 1 N–H and O–H groups in total. The van der Waals surface area contributed by atoms with Crippen molar-refractivity contribution in [3.05, 3.63) is 88.9 Å².